The number of aromatic nitrogens is 1. The molecule has 0 aliphatic heterocycles. The van der Waals surface area contributed by atoms with Crippen molar-refractivity contribution in [2.75, 3.05) is 13.1 Å². The van der Waals surface area contributed by atoms with Gasteiger partial charge in [-0.3, -0.25) is 14.4 Å². The minimum Gasteiger partial charge on any atom is -0.480 e. The zero-order valence-corrected chi connectivity index (χ0v) is 10.5. The third-order valence-corrected chi connectivity index (χ3v) is 2.66. The van der Waals surface area contributed by atoms with Crippen molar-refractivity contribution in [1.82, 2.24) is 15.6 Å². The quantitative estimate of drug-likeness (QED) is 0.620. The first-order valence-electron chi connectivity index (χ1n) is 5.90. The molecule has 104 valence electrons. The van der Waals surface area contributed by atoms with E-state index in [-0.39, 0.29) is 6.54 Å². The molecule has 2 amide bonds. The summed E-state index contributed by atoms with van der Waals surface area (Å²) in [5.74, 6) is -2.08. The van der Waals surface area contributed by atoms with E-state index in [1.807, 2.05) is 6.07 Å². The van der Waals surface area contributed by atoms with Crippen LogP contribution in [0.1, 0.15) is 10.4 Å². The molecule has 4 N–H and O–H groups in total. The molecule has 20 heavy (non-hydrogen) atoms. The summed E-state index contributed by atoms with van der Waals surface area (Å²) in [5.41, 5.74) is 1.35. The Bertz CT molecular complexity index is 662. The van der Waals surface area contributed by atoms with Crippen molar-refractivity contribution in [3.8, 4) is 0 Å². The highest BCUT2D eigenvalue weighted by molar-refractivity contribution is 5.99. The average molecular weight is 275 g/mol. The second-order valence-electron chi connectivity index (χ2n) is 4.13. The lowest BCUT2D eigenvalue weighted by Crippen LogP contribution is -2.39. The molecule has 0 aliphatic rings. The van der Waals surface area contributed by atoms with E-state index < -0.39 is 24.3 Å². The van der Waals surface area contributed by atoms with E-state index in [9.17, 15) is 14.4 Å². The van der Waals surface area contributed by atoms with Crippen molar-refractivity contribution in [1.29, 1.82) is 0 Å². The van der Waals surface area contributed by atoms with Crippen molar-refractivity contribution in [2.45, 2.75) is 0 Å². The number of aliphatic carboxylic acids is 1. The van der Waals surface area contributed by atoms with Crippen LogP contribution in [0.3, 0.4) is 0 Å². The largest absolute Gasteiger partial charge is 0.480 e. The van der Waals surface area contributed by atoms with Gasteiger partial charge in [0.15, 0.2) is 0 Å². The Hall–Kier alpha value is -2.83. The molecule has 0 atom stereocenters. The van der Waals surface area contributed by atoms with Crippen LogP contribution in [-0.4, -0.2) is 41.0 Å². The first-order valence-corrected chi connectivity index (χ1v) is 5.90. The fourth-order valence-electron chi connectivity index (χ4n) is 1.69. The Kier molecular flexibility index (Phi) is 3.99. The van der Waals surface area contributed by atoms with E-state index in [0.717, 1.165) is 10.9 Å². The molecular formula is C13H13N3O4. The lowest BCUT2D eigenvalue weighted by atomic mass is 10.1. The highest BCUT2D eigenvalue weighted by atomic mass is 16.4. The Morgan fingerprint density at radius 3 is 2.65 bits per heavy atom. The van der Waals surface area contributed by atoms with Gasteiger partial charge in [-0.25, -0.2) is 0 Å². The van der Waals surface area contributed by atoms with Crippen LogP contribution in [0, 0.1) is 0 Å². The van der Waals surface area contributed by atoms with Gasteiger partial charge in [-0.05, 0) is 24.3 Å². The number of carbonyl (C=O) groups excluding carboxylic acids is 2. The van der Waals surface area contributed by atoms with E-state index in [0.29, 0.717) is 5.56 Å². The van der Waals surface area contributed by atoms with Crippen molar-refractivity contribution in [3.05, 3.63) is 36.0 Å². The van der Waals surface area contributed by atoms with Crippen LogP contribution < -0.4 is 10.6 Å². The molecule has 1 aromatic carbocycles. The maximum atomic E-state index is 11.8. The second-order valence-corrected chi connectivity index (χ2v) is 4.13. The number of carboxylic acids is 1. The molecule has 0 radical (unpaired) electrons. The van der Waals surface area contributed by atoms with Crippen LogP contribution in [0.4, 0.5) is 0 Å². The number of carboxylic acid groups (broad SMARTS) is 1. The summed E-state index contributed by atoms with van der Waals surface area (Å²) in [7, 11) is 0. The number of hydrogen-bond donors (Lipinski definition) is 4. The number of nitrogens with one attached hydrogen (secondary N) is 3. The van der Waals surface area contributed by atoms with Gasteiger partial charge in [0, 0.05) is 22.7 Å². The van der Waals surface area contributed by atoms with E-state index in [4.69, 9.17) is 5.11 Å². The van der Waals surface area contributed by atoms with Crippen LogP contribution in [0.25, 0.3) is 10.9 Å². The molecule has 1 heterocycles. The summed E-state index contributed by atoms with van der Waals surface area (Å²) in [6, 6.07) is 6.96. The van der Waals surface area contributed by atoms with Crippen molar-refractivity contribution >= 4 is 28.7 Å². The molecule has 0 spiro atoms. The summed E-state index contributed by atoms with van der Waals surface area (Å²) in [4.78, 5) is 36.4. The number of H-pyrrole nitrogens is 1. The van der Waals surface area contributed by atoms with Crippen molar-refractivity contribution in [3.63, 3.8) is 0 Å². The van der Waals surface area contributed by atoms with E-state index >= 15 is 0 Å². The topological polar surface area (TPSA) is 111 Å². The molecule has 2 aromatic rings. The average Bonchev–Trinajstić information content (AvgIpc) is 2.89. The number of aromatic amines is 1. The standard InChI is InChI=1S/C13H13N3O4/c17-11(15-7-12(18)19)6-16-13(20)9-1-2-10-8(5-9)3-4-14-10/h1-5,14H,6-7H2,(H,15,17)(H,16,20)(H,18,19). The molecule has 0 bridgehead atoms. The first kappa shape index (κ1) is 13.6. The smallest absolute Gasteiger partial charge is 0.322 e. The van der Waals surface area contributed by atoms with Gasteiger partial charge in [-0.15, -0.1) is 0 Å². The maximum absolute atomic E-state index is 11.8. The summed E-state index contributed by atoms with van der Waals surface area (Å²) in [6.07, 6.45) is 1.77. The van der Waals surface area contributed by atoms with Gasteiger partial charge in [-0.2, -0.15) is 0 Å². The van der Waals surface area contributed by atoms with E-state index in [1.165, 1.54) is 0 Å². The first-order chi connectivity index (χ1) is 9.56. The molecular weight excluding hydrogens is 262 g/mol. The van der Waals surface area contributed by atoms with Crippen LogP contribution in [-0.2, 0) is 9.59 Å². The predicted molar refractivity (Wildman–Crippen MR) is 71.3 cm³/mol. The second kappa shape index (κ2) is 5.87. The molecule has 2 rings (SSSR count). The van der Waals surface area contributed by atoms with E-state index in [2.05, 4.69) is 15.6 Å². The van der Waals surface area contributed by atoms with E-state index in [1.54, 1.807) is 24.4 Å². The SMILES string of the molecule is O=C(O)CNC(=O)CNC(=O)c1ccc2[nH]ccc2c1. The van der Waals surface area contributed by atoms with Crippen LogP contribution in [0.5, 0.6) is 0 Å². The minimum atomic E-state index is -1.14. The van der Waals surface area contributed by atoms with Gasteiger partial charge in [0.1, 0.15) is 6.54 Å². The van der Waals surface area contributed by atoms with Crippen LogP contribution >= 0.6 is 0 Å². The van der Waals surface area contributed by atoms with Gasteiger partial charge in [0.25, 0.3) is 5.91 Å². The van der Waals surface area contributed by atoms with Gasteiger partial charge in [0.2, 0.25) is 5.91 Å². The monoisotopic (exact) mass is 275 g/mol. The summed E-state index contributed by atoms with van der Waals surface area (Å²) >= 11 is 0. The molecule has 0 saturated carbocycles. The zero-order valence-electron chi connectivity index (χ0n) is 10.5. The van der Waals surface area contributed by atoms with Gasteiger partial charge >= 0.3 is 5.97 Å². The highest BCUT2D eigenvalue weighted by Gasteiger charge is 2.09. The number of carbonyl (C=O) groups is 3. The fourth-order valence-corrected chi connectivity index (χ4v) is 1.69. The van der Waals surface area contributed by atoms with Crippen molar-refractivity contribution in [2.24, 2.45) is 0 Å². The molecule has 0 saturated heterocycles. The number of benzene rings is 1. The molecule has 0 unspecified atom stereocenters. The zero-order chi connectivity index (χ0) is 14.5. The summed E-state index contributed by atoms with van der Waals surface area (Å²) in [5, 5.41) is 13.9. The Balaban J connectivity index is 1.91. The predicted octanol–water partition coefficient (Wildman–Crippen LogP) is 0.0985. The normalized spacial score (nSPS) is 10.2. The minimum absolute atomic E-state index is 0.267. The summed E-state index contributed by atoms with van der Waals surface area (Å²) < 4.78 is 0. The van der Waals surface area contributed by atoms with Gasteiger partial charge in [0.05, 0.1) is 6.54 Å². The Morgan fingerprint density at radius 2 is 1.90 bits per heavy atom. The molecule has 0 fully saturated rings. The molecule has 7 nitrogen and oxygen atoms in total. The van der Waals surface area contributed by atoms with Crippen LogP contribution in [0.2, 0.25) is 0 Å². The fraction of sp³-hybridized carbons (Fsp3) is 0.154. The lowest BCUT2D eigenvalue weighted by molar-refractivity contribution is -0.137. The molecule has 7 heteroatoms. The number of rotatable bonds is 5. The lowest BCUT2D eigenvalue weighted by Gasteiger charge is -2.05. The third-order valence-electron chi connectivity index (χ3n) is 2.66. The molecule has 0 aliphatic carbocycles. The molecule has 1 aromatic heterocycles. The number of fused-ring (bicyclic) bond motifs is 1. The van der Waals surface area contributed by atoms with Gasteiger partial charge in [-0.1, -0.05) is 0 Å². The third kappa shape index (κ3) is 3.35. The summed E-state index contributed by atoms with van der Waals surface area (Å²) in [6.45, 7) is -0.735. The number of hydrogen-bond acceptors (Lipinski definition) is 3. The maximum Gasteiger partial charge on any atom is 0.322 e. The Labute approximate surface area is 114 Å². The number of amides is 2. The Morgan fingerprint density at radius 1 is 1.10 bits per heavy atom. The van der Waals surface area contributed by atoms with Gasteiger partial charge < -0.3 is 20.7 Å². The van der Waals surface area contributed by atoms with Crippen LogP contribution in [0.15, 0.2) is 30.5 Å². The highest BCUT2D eigenvalue weighted by Crippen LogP contribution is 2.13. The van der Waals surface area contributed by atoms with Crippen molar-refractivity contribution < 1.29 is 19.5 Å².